The molecular formula is C13H18O. The summed E-state index contributed by atoms with van der Waals surface area (Å²) >= 11 is 0. The van der Waals surface area contributed by atoms with Gasteiger partial charge in [-0.05, 0) is 30.4 Å². The van der Waals surface area contributed by atoms with Crippen LogP contribution in [0.2, 0.25) is 0 Å². The average molecular weight is 190 g/mol. The van der Waals surface area contributed by atoms with Crippen LogP contribution >= 0.6 is 0 Å². The van der Waals surface area contributed by atoms with E-state index in [4.69, 9.17) is 0 Å². The molecule has 0 amide bonds. The molecule has 0 saturated carbocycles. The van der Waals surface area contributed by atoms with Gasteiger partial charge in [-0.1, -0.05) is 38.5 Å². The molecule has 0 aliphatic heterocycles. The molecule has 0 unspecified atom stereocenters. The van der Waals surface area contributed by atoms with E-state index in [1.807, 2.05) is 12.1 Å². The van der Waals surface area contributed by atoms with Crippen LogP contribution in [0.1, 0.15) is 48.2 Å². The molecule has 1 aromatic rings. The maximum atomic E-state index is 10.8. The fraction of sp³-hybridized carbons (Fsp3) is 0.462. The number of hydrogen-bond acceptors (Lipinski definition) is 1. The van der Waals surface area contributed by atoms with Gasteiger partial charge < -0.3 is 0 Å². The molecule has 0 fully saturated rings. The Labute approximate surface area is 86.1 Å². The third-order valence-electron chi connectivity index (χ3n) is 2.59. The van der Waals surface area contributed by atoms with Gasteiger partial charge in [0.2, 0.25) is 0 Å². The van der Waals surface area contributed by atoms with Crippen molar-refractivity contribution in [2.24, 2.45) is 0 Å². The topological polar surface area (TPSA) is 17.1 Å². The minimum absolute atomic E-state index is 0.862. The zero-order valence-corrected chi connectivity index (χ0v) is 9.05. The fourth-order valence-corrected chi connectivity index (χ4v) is 1.80. The Hall–Kier alpha value is -1.11. The first-order valence-electron chi connectivity index (χ1n) is 5.39. The second-order valence-corrected chi connectivity index (χ2v) is 3.56. The third-order valence-corrected chi connectivity index (χ3v) is 2.59. The van der Waals surface area contributed by atoms with Crippen molar-refractivity contribution in [3.8, 4) is 0 Å². The Balaban J connectivity index is 2.96. The molecule has 14 heavy (non-hydrogen) atoms. The lowest BCUT2D eigenvalue weighted by molar-refractivity contribution is 0.112. The van der Waals surface area contributed by atoms with Gasteiger partial charge in [-0.15, -0.1) is 0 Å². The predicted molar refractivity (Wildman–Crippen MR) is 59.8 cm³/mol. The van der Waals surface area contributed by atoms with E-state index in [2.05, 4.69) is 19.9 Å². The number of carbonyl (C=O) groups excluding carboxylic acids is 1. The Kier molecular flexibility index (Phi) is 4.37. The van der Waals surface area contributed by atoms with Gasteiger partial charge in [0.15, 0.2) is 0 Å². The molecule has 0 aliphatic rings. The summed E-state index contributed by atoms with van der Waals surface area (Å²) in [6, 6.07) is 6.02. The number of aldehydes is 1. The van der Waals surface area contributed by atoms with Crippen molar-refractivity contribution in [1.29, 1.82) is 0 Å². The van der Waals surface area contributed by atoms with E-state index < -0.39 is 0 Å². The molecule has 0 radical (unpaired) electrons. The van der Waals surface area contributed by atoms with Gasteiger partial charge in [0, 0.05) is 5.56 Å². The number of rotatable bonds is 5. The maximum absolute atomic E-state index is 10.8. The molecule has 0 aromatic heterocycles. The lowest BCUT2D eigenvalue weighted by Crippen LogP contribution is -1.98. The van der Waals surface area contributed by atoms with E-state index >= 15 is 0 Å². The normalized spacial score (nSPS) is 10.1. The van der Waals surface area contributed by atoms with Gasteiger partial charge in [-0.3, -0.25) is 4.79 Å². The van der Waals surface area contributed by atoms with Crippen molar-refractivity contribution >= 4 is 6.29 Å². The highest BCUT2D eigenvalue weighted by molar-refractivity contribution is 5.77. The largest absolute Gasteiger partial charge is 0.298 e. The average Bonchev–Trinajstić information content (AvgIpc) is 2.25. The quantitative estimate of drug-likeness (QED) is 0.650. The Morgan fingerprint density at radius 3 is 2.64 bits per heavy atom. The lowest BCUT2D eigenvalue weighted by Gasteiger charge is -2.09. The van der Waals surface area contributed by atoms with Crippen molar-refractivity contribution in [2.45, 2.75) is 39.5 Å². The number of aryl methyl sites for hydroxylation is 1. The first-order valence-corrected chi connectivity index (χ1v) is 5.39. The Morgan fingerprint density at radius 1 is 1.29 bits per heavy atom. The fourth-order valence-electron chi connectivity index (χ4n) is 1.80. The van der Waals surface area contributed by atoms with E-state index in [0.717, 1.165) is 24.7 Å². The summed E-state index contributed by atoms with van der Waals surface area (Å²) in [5.74, 6) is 0. The van der Waals surface area contributed by atoms with E-state index in [-0.39, 0.29) is 0 Å². The molecule has 0 N–H and O–H groups in total. The number of unbranched alkanes of at least 4 members (excludes halogenated alkanes) is 1. The van der Waals surface area contributed by atoms with Gasteiger partial charge in [-0.2, -0.15) is 0 Å². The SMILES string of the molecule is CCCCc1cccc(C=O)c1CC. The highest BCUT2D eigenvalue weighted by Crippen LogP contribution is 2.16. The molecule has 0 bridgehead atoms. The molecule has 0 saturated heterocycles. The third kappa shape index (κ3) is 2.44. The summed E-state index contributed by atoms with van der Waals surface area (Å²) < 4.78 is 0. The van der Waals surface area contributed by atoms with E-state index in [1.54, 1.807) is 0 Å². The summed E-state index contributed by atoms with van der Waals surface area (Å²) in [6.07, 6.45) is 5.42. The molecule has 0 heterocycles. The zero-order valence-electron chi connectivity index (χ0n) is 9.05. The molecule has 1 nitrogen and oxygen atoms in total. The molecule has 0 aliphatic carbocycles. The minimum Gasteiger partial charge on any atom is -0.298 e. The highest BCUT2D eigenvalue weighted by Gasteiger charge is 2.04. The Morgan fingerprint density at radius 2 is 2.07 bits per heavy atom. The molecule has 0 atom stereocenters. The zero-order chi connectivity index (χ0) is 10.4. The second kappa shape index (κ2) is 5.58. The van der Waals surface area contributed by atoms with E-state index in [0.29, 0.717) is 0 Å². The van der Waals surface area contributed by atoms with Crippen molar-refractivity contribution < 1.29 is 4.79 Å². The van der Waals surface area contributed by atoms with Crippen LogP contribution in [0.5, 0.6) is 0 Å². The lowest BCUT2D eigenvalue weighted by atomic mass is 9.96. The van der Waals surface area contributed by atoms with Crippen molar-refractivity contribution in [3.63, 3.8) is 0 Å². The summed E-state index contributed by atoms with van der Waals surface area (Å²) in [5, 5.41) is 0. The van der Waals surface area contributed by atoms with Gasteiger partial charge >= 0.3 is 0 Å². The molecule has 76 valence electrons. The second-order valence-electron chi connectivity index (χ2n) is 3.56. The molecule has 1 rings (SSSR count). The smallest absolute Gasteiger partial charge is 0.150 e. The molecule has 0 spiro atoms. The standard InChI is InChI=1S/C13H18O/c1-3-5-7-11-8-6-9-12(10-14)13(11)4-2/h6,8-10H,3-5,7H2,1-2H3. The van der Waals surface area contributed by atoms with Gasteiger partial charge in [-0.25, -0.2) is 0 Å². The van der Waals surface area contributed by atoms with Crippen LogP contribution in [0, 0.1) is 0 Å². The van der Waals surface area contributed by atoms with Crippen LogP contribution < -0.4 is 0 Å². The summed E-state index contributed by atoms with van der Waals surface area (Å²) in [7, 11) is 0. The number of benzene rings is 1. The van der Waals surface area contributed by atoms with Crippen LogP contribution in [0.3, 0.4) is 0 Å². The predicted octanol–water partition coefficient (Wildman–Crippen LogP) is 3.40. The highest BCUT2D eigenvalue weighted by atomic mass is 16.1. The molecule has 1 heteroatoms. The Bertz CT molecular complexity index is 302. The van der Waals surface area contributed by atoms with Crippen molar-refractivity contribution in [2.75, 3.05) is 0 Å². The number of hydrogen-bond donors (Lipinski definition) is 0. The van der Waals surface area contributed by atoms with Gasteiger partial charge in [0.05, 0.1) is 0 Å². The first kappa shape index (κ1) is 11.0. The van der Waals surface area contributed by atoms with Crippen molar-refractivity contribution in [1.82, 2.24) is 0 Å². The van der Waals surface area contributed by atoms with Crippen LogP contribution in [-0.4, -0.2) is 6.29 Å². The van der Waals surface area contributed by atoms with E-state index in [9.17, 15) is 4.79 Å². The van der Waals surface area contributed by atoms with Crippen LogP contribution in [0.4, 0.5) is 0 Å². The van der Waals surface area contributed by atoms with Crippen LogP contribution in [0.25, 0.3) is 0 Å². The molecule has 1 aromatic carbocycles. The summed E-state index contributed by atoms with van der Waals surface area (Å²) in [5.41, 5.74) is 3.44. The summed E-state index contributed by atoms with van der Waals surface area (Å²) in [6.45, 7) is 4.30. The van der Waals surface area contributed by atoms with Crippen LogP contribution in [-0.2, 0) is 12.8 Å². The van der Waals surface area contributed by atoms with Gasteiger partial charge in [0.25, 0.3) is 0 Å². The minimum atomic E-state index is 0.862. The van der Waals surface area contributed by atoms with Gasteiger partial charge in [0.1, 0.15) is 6.29 Å². The van der Waals surface area contributed by atoms with Crippen molar-refractivity contribution in [3.05, 3.63) is 34.9 Å². The monoisotopic (exact) mass is 190 g/mol. The number of carbonyl (C=O) groups is 1. The van der Waals surface area contributed by atoms with E-state index in [1.165, 1.54) is 24.0 Å². The first-order chi connectivity index (χ1) is 6.83. The summed E-state index contributed by atoms with van der Waals surface area (Å²) in [4.78, 5) is 10.8. The van der Waals surface area contributed by atoms with Crippen LogP contribution in [0.15, 0.2) is 18.2 Å². The maximum Gasteiger partial charge on any atom is 0.150 e. The molecular weight excluding hydrogens is 172 g/mol.